The molecule has 18 heavy (non-hydrogen) atoms. The molecule has 3 nitrogen and oxygen atoms in total. The normalized spacial score (nSPS) is 18.3. The van der Waals surface area contributed by atoms with Gasteiger partial charge in [-0.15, -0.1) is 0 Å². The van der Waals surface area contributed by atoms with E-state index in [4.69, 9.17) is 17.3 Å². The highest BCUT2D eigenvalue weighted by molar-refractivity contribution is 6.30. The lowest BCUT2D eigenvalue weighted by Crippen LogP contribution is -2.44. The smallest absolute Gasteiger partial charge is 0.226 e. The zero-order valence-electron chi connectivity index (χ0n) is 10.4. The summed E-state index contributed by atoms with van der Waals surface area (Å²) < 4.78 is 0. The van der Waals surface area contributed by atoms with E-state index in [-0.39, 0.29) is 11.4 Å². The fourth-order valence-electron chi connectivity index (χ4n) is 2.49. The van der Waals surface area contributed by atoms with Crippen LogP contribution in [0.1, 0.15) is 38.5 Å². The van der Waals surface area contributed by atoms with E-state index in [0.717, 1.165) is 31.4 Å². The van der Waals surface area contributed by atoms with Crippen molar-refractivity contribution < 1.29 is 4.79 Å². The summed E-state index contributed by atoms with van der Waals surface area (Å²) in [4.78, 5) is 11.9. The number of carbonyl (C=O) groups is 1. The monoisotopic (exact) mass is 266 g/mol. The molecule has 1 amide bonds. The maximum atomic E-state index is 11.9. The van der Waals surface area contributed by atoms with Crippen LogP contribution in [0.3, 0.4) is 0 Å². The van der Waals surface area contributed by atoms with Crippen LogP contribution in [-0.2, 0) is 4.79 Å². The SMILES string of the molecule is NC1(CC(=O)Nc2ccc(Cl)cc2)CCCCC1. The lowest BCUT2D eigenvalue weighted by molar-refractivity contribution is -0.117. The van der Waals surface area contributed by atoms with Crippen molar-refractivity contribution in [3.63, 3.8) is 0 Å². The number of nitrogens with one attached hydrogen (secondary N) is 1. The first-order valence-electron chi connectivity index (χ1n) is 6.42. The molecule has 0 aromatic heterocycles. The molecule has 0 saturated heterocycles. The highest BCUT2D eigenvalue weighted by Crippen LogP contribution is 2.29. The maximum Gasteiger partial charge on any atom is 0.226 e. The third-order valence-corrected chi connectivity index (χ3v) is 3.74. The van der Waals surface area contributed by atoms with Gasteiger partial charge < -0.3 is 11.1 Å². The molecule has 0 radical (unpaired) electrons. The number of benzene rings is 1. The van der Waals surface area contributed by atoms with Crippen molar-refractivity contribution in [2.75, 3.05) is 5.32 Å². The average Bonchev–Trinajstić information content (AvgIpc) is 2.32. The van der Waals surface area contributed by atoms with Crippen LogP contribution in [0.2, 0.25) is 5.02 Å². The molecule has 0 aliphatic heterocycles. The Morgan fingerprint density at radius 2 is 1.83 bits per heavy atom. The van der Waals surface area contributed by atoms with Crippen LogP contribution in [-0.4, -0.2) is 11.4 Å². The van der Waals surface area contributed by atoms with Gasteiger partial charge in [0.05, 0.1) is 0 Å². The van der Waals surface area contributed by atoms with Crippen LogP contribution < -0.4 is 11.1 Å². The lowest BCUT2D eigenvalue weighted by atomic mass is 9.80. The zero-order chi connectivity index (χ0) is 13.0. The van der Waals surface area contributed by atoms with Crippen LogP contribution in [0.15, 0.2) is 24.3 Å². The van der Waals surface area contributed by atoms with Gasteiger partial charge in [0.2, 0.25) is 5.91 Å². The summed E-state index contributed by atoms with van der Waals surface area (Å²) in [5, 5.41) is 3.53. The van der Waals surface area contributed by atoms with Gasteiger partial charge >= 0.3 is 0 Å². The first-order chi connectivity index (χ1) is 8.57. The lowest BCUT2D eigenvalue weighted by Gasteiger charge is -2.32. The Kier molecular flexibility index (Phi) is 4.25. The van der Waals surface area contributed by atoms with Crippen LogP contribution >= 0.6 is 11.6 Å². The van der Waals surface area contributed by atoms with Gasteiger partial charge in [-0.1, -0.05) is 30.9 Å². The average molecular weight is 267 g/mol. The second-order valence-corrected chi connectivity index (χ2v) is 5.59. The summed E-state index contributed by atoms with van der Waals surface area (Å²) >= 11 is 5.79. The van der Waals surface area contributed by atoms with E-state index in [1.54, 1.807) is 24.3 Å². The van der Waals surface area contributed by atoms with Gasteiger partial charge in [-0.05, 0) is 37.1 Å². The molecule has 1 aromatic rings. The Hall–Kier alpha value is -1.06. The molecular formula is C14H19ClN2O. The Balaban J connectivity index is 1.90. The van der Waals surface area contributed by atoms with Gasteiger partial charge in [0.15, 0.2) is 0 Å². The van der Waals surface area contributed by atoms with Gasteiger partial charge in [0, 0.05) is 22.7 Å². The summed E-state index contributed by atoms with van der Waals surface area (Å²) in [5.41, 5.74) is 6.71. The van der Waals surface area contributed by atoms with Crippen molar-refractivity contribution in [1.82, 2.24) is 0 Å². The number of anilines is 1. The first-order valence-corrected chi connectivity index (χ1v) is 6.80. The predicted molar refractivity (Wildman–Crippen MR) is 74.7 cm³/mol. The largest absolute Gasteiger partial charge is 0.326 e. The molecule has 1 fully saturated rings. The Labute approximate surface area is 113 Å². The summed E-state index contributed by atoms with van der Waals surface area (Å²) in [5.74, 6) is -0.0123. The minimum Gasteiger partial charge on any atom is -0.326 e. The number of carbonyl (C=O) groups excluding carboxylic acids is 1. The van der Waals surface area contributed by atoms with Crippen molar-refractivity contribution in [2.24, 2.45) is 5.73 Å². The molecule has 2 rings (SSSR count). The van der Waals surface area contributed by atoms with Gasteiger partial charge in [-0.2, -0.15) is 0 Å². The highest BCUT2D eigenvalue weighted by Gasteiger charge is 2.29. The molecule has 0 atom stereocenters. The molecule has 1 aromatic carbocycles. The molecular weight excluding hydrogens is 248 g/mol. The fraction of sp³-hybridized carbons (Fsp3) is 0.500. The minimum absolute atomic E-state index is 0.0123. The second kappa shape index (κ2) is 5.72. The summed E-state index contributed by atoms with van der Waals surface area (Å²) in [6.07, 6.45) is 5.78. The van der Waals surface area contributed by atoms with Crippen molar-refractivity contribution >= 4 is 23.2 Å². The van der Waals surface area contributed by atoms with Gasteiger partial charge in [0.1, 0.15) is 0 Å². The van der Waals surface area contributed by atoms with Crippen LogP contribution in [0.25, 0.3) is 0 Å². The quantitative estimate of drug-likeness (QED) is 0.882. The molecule has 1 saturated carbocycles. The van der Waals surface area contributed by atoms with Crippen molar-refractivity contribution in [2.45, 2.75) is 44.1 Å². The van der Waals surface area contributed by atoms with Crippen molar-refractivity contribution in [1.29, 1.82) is 0 Å². The van der Waals surface area contributed by atoms with E-state index in [2.05, 4.69) is 5.32 Å². The predicted octanol–water partition coefficient (Wildman–Crippen LogP) is 3.33. The summed E-state index contributed by atoms with van der Waals surface area (Å²) in [7, 11) is 0. The number of nitrogens with two attached hydrogens (primary N) is 1. The molecule has 0 heterocycles. The van der Waals surface area contributed by atoms with Crippen molar-refractivity contribution in [3.8, 4) is 0 Å². The number of rotatable bonds is 3. The summed E-state index contributed by atoms with van der Waals surface area (Å²) in [6, 6.07) is 7.11. The molecule has 3 N–H and O–H groups in total. The zero-order valence-corrected chi connectivity index (χ0v) is 11.2. The molecule has 0 unspecified atom stereocenters. The topological polar surface area (TPSA) is 55.1 Å². The Bertz CT molecular complexity index is 410. The van der Waals surface area contributed by atoms with Gasteiger partial charge in [0.25, 0.3) is 0 Å². The second-order valence-electron chi connectivity index (χ2n) is 5.15. The highest BCUT2D eigenvalue weighted by atomic mass is 35.5. The Morgan fingerprint density at radius 3 is 2.44 bits per heavy atom. The van der Waals surface area contributed by atoms with E-state index >= 15 is 0 Å². The fourth-order valence-corrected chi connectivity index (χ4v) is 2.62. The minimum atomic E-state index is -0.311. The third-order valence-electron chi connectivity index (χ3n) is 3.49. The molecule has 4 heteroatoms. The van der Waals surface area contributed by atoms with Gasteiger partial charge in [-0.3, -0.25) is 4.79 Å². The first kappa shape index (κ1) is 13.4. The molecule has 98 valence electrons. The van der Waals surface area contributed by atoms with Crippen molar-refractivity contribution in [3.05, 3.63) is 29.3 Å². The van der Waals surface area contributed by atoms with Crippen LogP contribution in [0.4, 0.5) is 5.69 Å². The maximum absolute atomic E-state index is 11.9. The van der Waals surface area contributed by atoms with E-state index < -0.39 is 0 Å². The van der Waals surface area contributed by atoms with E-state index in [1.807, 2.05) is 0 Å². The van der Waals surface area contributed by atoms with E-state index in [0.29, 0.717) is 11.4 Å². The number of halogens is 1. The molecule has 0 spiro atoms. The number of amides is 1. The van der Waals surface area contributed by atoms with Crippen LogP contribution in [0.5, 0.6) is 0 Å². The standard InChI is InChI=1S/C14H19ClN2O/c15-11-4-6-12(7-5-11)17-13(18)10-14(16)8-2-1-3-9-14/h4-7H,1-3,8-10,16H2,(H,17,18). The van der Waals surface area contributed by atoms with Gasteiger partial charge in [-0.25, -0.2) is 0 Å². The number of hydrogen-bond acceptors (Lipinski definition) is 2. The van der Waals surface area contributed by atoms with E-state index in [9.17, 15) is 4.79 Å². The third kappa shape index (κ3) is 3.72. The molecule has 1 aliphatic rings. The van der Waals surface area contributed by atoms with Crippen LogP contribution in [0, 0.1) is 0 Å². The van der Waals surface area contributed by atoms with E-state index in [1.165, 1.54) is 6.42 Å². The Morgan fingerprint density at radius 1 is 1.22 bits per heavy atom. The molecule has 1 aliphatic carbocycles. The number of hydrogen-bond donors (Lipinski definition) is 2. The molecule has 0 bridgehead atoms. The summed E-state index contributed by atoms with van der Waals surface area (Å²) in [6.45, 7) is 0.